The lowest BCUT2D eigenvalue weighted by molar-refractivity contribution is -0.142. The Kier molecular flexibility index (Phi) is 7.54. The van der Waals surface area contributed by atoms with E-state index in [0.717, 1.165) is 3.57 Å². The number of rotatable bonds is 6. The number of hydrogen-bond acceptors (Lipinski definition) is 5. The predicted molar refractivity (Wildman–Crippen MR) is 93.5 cm³/mol. The van der Waals surface area contributed by atoms with Gasteiger partial charge in [-0.1, -0.05) is 6.07 Å². The molecule has 0 unspecified atom stereocenters. The van der Waals surface area contributed by atoms with E-state index >= 15 is 0 Å². The highest BCUT2D eigenvalue weighted by Crippen LogP contribution is 2.23. The van der Waals surface area contributed by atoms with Gasteiger partial charge in [0.2, 0.25) is 0 Å². The summed E-state index contributed by atoms with van der Waals surface area (Å²) in [5.74, 6) is -0.358. The average Bonchev–Trinajstić information content (AvgIpc) is 2.50. The van der Waals surface area contributed by atoms with Gasteiger partial charge >= 0.3 is 5.97 Å². The van der Waals surface area contributed by atoms with Crippen LogP contribution in [0.25, 0.3) is 6.08 Å². The maximum Gasteiger partial charge on any atom is 0.343 e. The molecule has 7 heteroatoms. The SMILES string of the molecule is COC(=O)COc1ccc(/C=C(/C#N)C(=O)NC(C)C)cc1I. The molecule has 0 fully saturated rings. The summed E-state index contributed by atoms with van der Waals surface area (Å²) in [4.78, 5) is 22.9. The Bertz CT molecular complexity index is 663. The van der Waals surface area contributed by atoms with Gasteiger partial charge in [-0.05, 0) is 60.2 Å². The number of hydrogen-bond donors (Lipinski definition) is 1. The van der Waals surface area contributed by atoms with E-state index in [-0.39, 0.29) is 18.2 Å². The third-order valence-electron chi connectivity index (χ3n) is 2.62. The van der Waals surface area contributed by atoms with Gasteiger partial charge in [-0.25, -0.2) is 4.79 Å². The summed E-state index contributed by atoms with van der Waals surface area (Å²) in [6.07, 6.45) is 1.50. The minimum Gasteiger partial charge on any atom is -0.481 e. The molecule has 1 rings (SSSR count). The largest absolute Gasteiger partial charge is 0.481 e. The molecule has 0 atom stereocenters. The lowest BCUT2D eigenvalue weighted by Crippen LogP contribution is -2.30. The molecular formula is C16H17IN2O4. The summed E-state index contributed by atoms with van der Waals surface area (Å²) in [6.45, 7) is 3.47. The van der Waals surface area contributed by atoms with Crippen LogP contribution in [0.3, 0.4) is 0 Å². The zero-order chi connectivity index (χ0) is 17.4. The van der Waals surface area contributed by atoms with Crippen LogP contribution in [0.2, 0.25) is 0 Å². The van der Waals surface area contributed by atoms with Crippen molar-refractivity contribution in [3.63, 3.8) is 0 Å². The third kappa shape index (κ3) is 6.28. The average molecular weight is 428 g/mol. The van der Waals surface area contributed by atoms with Crippen LogP contribution in [0.15, 0.2) is 23.8 Å². The van der Waals surface area contributed by atoms with Gasteiger partial charge in [-0.3, -0.25) is 4.79 Å². The maximum absolute atomic E-state index is 11.9. The van der Waals surface area contributed by atoms with Crippen LogP contribution in [0.4, 0.5) is 0 Å². The molecule has 0 heterocycles. The van der Waals surface area contributed by atoms with Crippen LogP contribution < -0.4 is 10.1 Å². The van der Waals surface area contributed by atoms with Gasteiger partial charge in [-0.15, -0.1) is 0 Å². The molecule has 0 radical (unpaired) electrons. The summed E-state index contributed by atoms with van der Waals surface area (Å²) in [5.41, 5.74) is 0.716. The lowest BCUT2D eigenvalue weighted by Gasteiger charge is -2.09. The predicted octanol–water partition coefficient (Wildman–Crippen LogP) is 2.27. The molecule has 0 aliphatic heterocycles. The summed E-state index contributed by atoms with van der Waals surface area (Å²) >= 11 is 2.05. The van der Waals surface area contributed by atoms with Crippen molar-refractivity contribution in [2.24, 2.45) is 0 Å². The van der Waals surface area contributed by atoms with Crippen molar-refractivity contribution in [3.8, 4) is 11.8 Å². The normalized spacial score (nSPS) is 10.9. The molecule has 1 amide bonds. The molecule has 1 aromatic rings. The van der Waals surface area contributed by atoms with Crippen molar-refractivity contribution < 1.29 is 19.1 Å². The van der Waals surface area contributed by atoms with Crippen LogP contribution in [0.5, 0.6) is 5.75 Å². The molecule has 1 N–H and O–H groups in total. The molecule has 0 saturated carbocycles. The fourth-order valence-electron chi connectivity index (χ4n) is 1.57. The first kappa shape index (κ1) is 19.0. The number of esters is 1. The van der Waals surface area contributed by atoms with E-state index < -0.39 is 11.9 Å². The van der Waals surface area contributed by atoms with Crippen molar-refractivity contribution in [3.05, 3.63) is 32.9 Å². The third-order valence-corrected chi connectivity index (χ3v) is 3.47. The number of nitrogens with one attached hydrogen (secondary N) is 1. The number of benzene rings is 1. The second-order valence-corrected chi connectivity index (χ2v) is 6.01. The maximum atomic E-state index is 11.9. The Morgan fingerprint density at radius 1 is 1.43 bits per heavy atom. The van der Waals surface area contributed by atoms with Crippen molar-refractivity contribution in [1.82, 2.24) is 5.32 Å². The molecule has 1 aromatic carbocycles. The van der Waals surface area contributed by atoms with Gasteiger partial charge in [0.15, 0.2) is 6.61 Å². The standard InChI is InChI=1S/C16H17IN2O4/c1-10(2)19-16(21)12(8-18)6-11-4-5-14(13(17)7-11)23-9-15(20)22-3/h4-7,10H,9H2,1-3H3,(H,19,21)/b12-6-. The zero-order valence-electron chi connectivity index (χ0n) is 13.1. The fourth-order valence-corrected chi connectivity index (χ4v) is 2.27. The molecule has 0 aliphatic carbocycles. The molecule has 0 aromatic heterocycles. The smallest absolute Gasteiger partial charge is 0.343 e. The number of methoxy groups -OCH3 is 1. The van der Waals surface area contributed by atoms with Crippen LogP contribution in [-0.2, 0) is 14.3 Å². The molecule has 0 spiro atoms. The van der Waals surface area contributed by atoms with Crippen LogP contribution in [0, 0.1) is 14.9 Å². The Labute approximate surface area is 148 Å². The Hall–Kier alpha value is -2.08. The van der Waals surface area contributed by atoms with E-state index in [9.17, 15) is 9.59 Å². The summed E-state index contributed by atoms with van der Waals surface area (Å²) in [7, 11) is 1.29. The quantitative estimate of drug-likeness (QED) is 0.325. The highest BCUT2D eigenvalue weighted by atomic mass is 127. The number of amides is 1. The molecule has 122 valence electrons. The molecule has 0 aliphatic rings. The fraction of sp³-hybridized carbons (Fsp3) is 0.312. The number of halogens is 1. The lowest BCUT2D eigenvalue weighted by atomic mass is 10.1. The van der Waals surface area contributed by atoms with Gasteiger partial charge in [-0.2, -0.15) is 5.26 Å². The second-order valence-electron chi connectivity index (χ2n) is 4.85. The second kappa shape index (κ2) is 9.15. The van der Waals surface area contributed by atoms with Crippen LogP contribution in [-0.4, -0.2) is 31.6 Å². The summed E-state index contributed by atoms with van der Waals surface area (Å²) in [5, 5.41) is 11.8. The molecule has 0 bridgehead atoms. The van der Waals surface area contributed by atoms with E-state index in [4.69, 9.17) is 10.00 Å². The minimum atomic E-state index is -0.470. The van der Waals surface area contributed by atoms with Gasteiger partial charge in [0.25, 0.3) is 5.91 Å². The Balaban J connectivity index is 2.91. The summed E-state index contributed by atoms with van der Waals surface area (Å²) < 4.78 is 10.6. The number of nitrogens with zero attached hydrogens (tertiary/aromatic N) is 1. The topological polar surface area (TPSA) is 88.4 Å². The van der Waals surface area contributed by atoms with E-state index in [1.54, 1.807) is 18.2 Å². The molecule has 6 nitrogen and oxygen atoms in total. The first-order valence-corrected chi connectivity index (χ1v) is 7.87. The Morgan fingerprint density at radius 2 is 2.13 bits per heavy atom. The van der Waals surface area contributed by atoms with Gasteiger partial charge in [0, 0.05) is 6.04 Å². The highest BCUT2D eigenvalue weighted by molar-refractivity contribution is 14.1. The minimum absolute atomic E-state index is 0.0257. The van der Waals surface area contributed by atoms with Crippen molar-refractivity contribution in [2.45, 2.75) is 19.9 Å². The summed E-state index contributed by atoms with van der Waals surface area (Å²) in [6, 6.07) is 6.98. The Morgan fingerprint density at radius 3 is 2.65 bits per heavy atom. The van der Waals surface area contributed by atoms with E-state index in [1.165, 1.54) is 13.2 Å². The highest BCUT2D eigenvalue weighted by Gasteiger charge is 2.11. The van der Waals surface area contributed by atoms with E-state index in [1.807, 2.05) is 19.9 Å². The van der Waals surface area contributed by atoms with Gasteiger partial charge in [0.1, 0.15) is 17.4 Å². The van der Waals surface area contributed by atoms with Crippen molar-refractivity contribution in [2.75, 3.05) is 13.7 Å². The van der Waals surface area contributed by atoms with E-state index in [2.05, 4.69) is 32.6 Å². The molecular weight excluding hydrogens is 411 g/mol. The first-order chi connectivity index (χ1) is 10.9. The van der Waals surface area contributed by atoms with Gasteiger partial charge in [0.05, 0.1) is 10.7 Å². The molecule has 23 heavy (non-hydrogen) atoms. The van der Waals surface area contributed by atoms with Crippen LogP contribution in [0.1, 0.15) is 19.4 Å². The zero-order valence-corrected chi connectivity index (χ0v) is 15.2. The van der Waals surface area contributed by atoms with Crippen molar-refractivity contribution in [1.29, 1.82) is 5.26 Å². The number of carbonyl (C=O) groups excluding carboxylic acids is 2. The molecule has 0 saturated heterocycles. The number of carbonyl (C=O) groups is 2. The monoisotopic (exact) mass is 428 g/mol. The van der Waals surface area contributed by atoms with E-state index in [0.29, 0.717) is 11.3 Å². The van der Waals surface area contributed by atoms with Crippen LogP contribution >= 0.6 is 22.6 Å². The number of ether oxygens (including phenoxy) is 2. The van der Waals surface area contributed by atoms with Crippen molar-refractivity contribution >= 4 is 40.5 Å². The first-order valence-electron chi connectivity index (χ1n) is 6.79. The van der Waals surface area contributed by atoms with Gasteiger partial charge < -0.3 is 14.8 Å². The number of nitriles is 1.